The van der Waals surface area contributed by atoms with Crippen molar-refractivity contribution in [2.75, 3.05) is 12.4 Å². The van der Waals surface area contributed by atoms with Crippen LogP contribution in [0.25, 0.3) is 21.5 Å². The molecule has 0 saturated carbocycles. The van der Waals surface area contributed by atoms with E-state index in [1.54, 1.807) is 7.05 Å². The fourth-order valence-electron chi connectivity index (χ4n) is 1.70. The standard InChI is InChI=1S/C12H10N4OS/c1-13-12-16-15-11(18-12)8-6-7-4-2-3-5-9(7)14-10(8)17/h2-6H,1H3,(H,13,16)(H,14,17). The summed E-state index contributed by atoms with van der Waals surface area (Å²) in [6, 6.07) is 9.50. The van der Waals surface area contributed by atoms with E-state index in [0.29, 0.717) is 15.7 Å². The molecule has 2 heterocycles. The largest absolute Gasteiger partial charge is 0.493 e. The van der Waals surface area contributed by atoms with Crippen molar-refractivity contribution >= 4 is 27.4 Å². The Bertz CT molecular complexity index is 710. The molecular formula is C12H10N4OS. The molecule has 0 spiro atoms. The van der Waals surface area contributed by atoms with Gasteiger partial charge in [0.05, 0.1) is 11.1 Å². The van der Waals surface area contributed by atoms with Gasteiger partial charge in [-0.1, -0.05) is 29.5 Å². The van der Waals surface area contributed by atoms with Crippen molar-refractivity contribution in [3.63, 3.8) is 0 Å². The van der Waals surface area contributed by atoms with Gasteiger partial charge in [0.25, 0.3) is 0 Å². The first-order valence-corrected chi connectivity index (χ1v) is 6.20. The number of hydrogen-bond acceptors (Lipinski definition) is 6. The van der Waals surface area contributed by atoms with Crippen LogP contribution in [-0.4, -0.2) is 27.3 Å². The van der Waals surface area contributed by atoms with Crippen molar-refractivity contribution in [1.29, 1.82) is 0 Å². The van der Waals surface area contributed by atoms with E-state index in [0.717, 1.165) is 10.9 Å². The van der Waals surface area contributed by atoms with Crippen LogP contribution < -0.4 is 5.32 Å². The second kappa shape index (κ2) is 4.23. The highest BCUT2D eigenvalue weighted by molar-refractivity contribution is 7.18. The number of para-hydroxylation sites is 1. The fourth-order valence-corrected chi connectivity index (χ4v) is 2.40. The summed E-state index contributed by atoms with van der Waals surface area (Å²) in [5, 5.41) is 23.2. The molecule has 2 aromatic heterocycles. The molecule has 18 heavy (non-hydrogen) atoms. The SMILES string of the molecule is CNc1nnc(-c2cc3ccccc3nc2O)s1. The number of nitrogens with zero attached hydrogens (tertiary/aromatic N) is 3. The molecule has 90 valence electrons. The van der Waals surface area contributed by atoms with E-state index < -0.39 is 0 Å². The summed E-state index contributed by atoms with van der Waals surface area (Å²) < 4.78 is 0. The van der Waals surface area contributed by atoms with Gasteiger partial charge in [-0.2, -0.15) is 0 Å². The van der Waals surface area contributed by atoms with Crippen LogP contribution in [0.2, 0.25) is 0 Å². The first-order valence-electron chi connectivity index (χ1n) is 5.38. The van der Waals surface area contributed by atoms with Gasteiger partial charge in [0.1, 0.15) is 0 Å². The molecule has 5 nitrogen and oxygen atoms in total. The summed E-state index contributed by atoms with van der Waals surface area (Å²) in [6.07, 6.45) is 0. The van der Waals surface area contributed by atoms with Crippen LogP contribution in [0.3, 0.4) is 0 Å². The molecule has 1 aromatic carbocycles. The van der Waals surface area contributed by atoms with Crippen molar-refractivity contribution in [2.24, 2.45) is 0 Å². The molecule has 0 atom stereocenters. The maximum atomic E-state index is 9.95. The molecular weight excluding hydrogens is 248 g/mol. The Balaban J connectivity index is 2.19. The highest BCUT2D eigenvalue weighted by Gasteiger charge is 2.12. The first kappa shape index (κ1) is 10.9. The van der Waals surface area contributed by atoms with Crippen LogP contribution in [0, 0.1) is 0 Å². The molecule has 0 radical (unpaired) electrons. The third-order valence-electron chi connectivity index (χ3n) is 2.57. The van der Waals surface area contributed by atoms with Crippen LogP contribution in [0.1, 0.15) is 0 Å². The van der Waals surface area contributed by atoms with E-state index in [-0.39, 0.29) is 5.88 Å². The maximum Gasteiger partial charge on any atom is 0.222 e. The van der Waals surface area contributed by atoms with Gasteiger partial charge in [-0.25, -0.2) is 4.98 Å². The lowest BCUT2D eigenvalue weighted by Crippen LogP contribution is -1.85. The monoisotopic (exact) mass is 258 g/mol. The van der Waals surface area contributed by atoms with Crippen molar-refractivity contribution < 1.29 is 5.11 Å². The van der Waals surface area contributed by atoms with Gasteiger partial charge < -0.3 is 10.4 Å². The Kier molecular flexibility index (Phi) is 2.56. The smallest absolute Gasteiger partial charge is 0.222 e. The Morgan fingerprint density at radius 2 is 2.06 bits per heavy atom. The van der Waals surface area contributed by atoms with Crippen LogP contribution >= 0.6 is 11.3 Å². The summed E-state index contributed by atoms with van der Waals surface area (Å²) in [5.74, 6) is -0.0208. The average Bonchev–Trinajstić information content (AvgIpc) is 2.86. The number of benzene rings is 1. The van der Waals surface area contributed by atoms with Crippen LogP contribution in [-0.2, 0) is 0 Å². The molecule has 0 bridgehead atoms. The molecule has 3 rings (SSSR count). The van der Waals surface area contributed by atoms with Gasteiger partial charge in [-0.15, -0.1) is 10.2 Å². The molecule has 0 aliphatic rings. The summed E-state index contributed by atoms with van der Waals surface area (Å²) >= 11 is 1.38. The van der Waals surface area contributed by atoms with Gasteiger partial charge in [0.2, 0.25) is 11.0 Å². The second-order valence-corrected chi connectivity index (χ2v) is 4.69. The van der Waals surface area contributed by atoms with Crippen molar-refractivity contribution in [3.05, 3.63) is 30.3 Å². The van der Waals surface area contributed by atoms with E-state index in [1.165, 1.54) is 11.3 Å². The number of fused-ring (bicyclic) bond motifs is 1. The van der Waals surface area contributed by atoms with Crippen LogP contribution in [0.15, 0.2) is 30.3 Å². The van der Waals surface area contributed by atoms with Crippen molar-refractivity contribution in [2.45, 2.75) is 0 Å². The molecule has 2 N–H and O–H groups in total. The zero-order valence-corrected chi connectivity index (χ0v) is 10.4. The molecule has 3 aromatic rings. The van der Waals surface area contributed by atoms with Crippen LogP contribution in [0.4, 0.5) is 5.13 Å². The number of nitrogens with one attached hydrogen (secondary N) is 1. The summed E-state index contributed by atoms with van der Waals surface area (Å²) in [5.41, 5.74) is 1.37. The Morgan fingerprint density at radius 1 is 1.22 bits per heavy atom. The Labute approximate surface area is 107 Å². The number of rotatable bonds is 2. The maximum absolute atomic E-state index is 9.95. The average molecular weight is 258 g/mol. The minimum Gasteiger partial charge on any atom is -0.493 e. The lowest BCUT2D eigenvalue weighted by atomic mass is 10.1. The predicted octanol–water partition coefficient (Wildman–Crippen LogP) is 2.50. The van der Waals surface area contributed by atoms with E-state index in [9.17, 15) is 5.11 Å². The number of aromatic nitrogens is 3. The number of hydrogen-bond donors (Lipinski definition) is 2. The third kappa shape index (κ3) is 1.76. The Hall–Kier alpha value is -2.21. The lowest BCUT2D eigenvalue weighted by Gasteiger charge is -2.02. The molecule has 0 aliphatic heterocycles. The van der Waals surface area contributed by atoms with Crippen molar-refractivity contribution in [1.82, 2.24) is 15.2 Å². The van der Waals surface area contributed by atoms with Crippen molar-refractivity contribution in [3.8, 4) is 16.5 Å². The molecule has 0 saturated heterocycles. The summed E-state index contributed by atoms with van der Waals surface area (Å²) in [7, 11) is 1.78. The van der Waals surface area contributed by atoms with E-state index in [4.69, 9.17) is 0 Å². The molecule has 0 amide bonds. The fraction of sp³-hybridized carbons (Fsp3) is 0.0833. The molecule has 0 aliphatic carbocycles. The van der Waals surface area contributed by atoms with E-state index >= 15 is 0 Å². The molecule has 0 unspecified atom stereocenters. The highest BCUT2D eigenvalue weighted by Crippen LogP contribution is 2.33. The van der Waals surface area contributed by atoms with Gasteiger partial charge in [0, 0.05) is 12.4 Å². The summed E-state index contributed by atoms with van der Waals surface area (Å²) in [4.78, 5) is 4.16. The second-order valence-electron chi connectivity index (χ2n) is 3.71. The zero-order valence-electron chi connectivity index (χ0n) is 9.58. The zero-order chi connectivity index (χ0) is 12.5. The van der Waals surface area contributed by atoms with Gasteiger partial charge in [-0.3, -0.25) is 0 Å². The Morgan fingerprint density at radius 3 is 2.83 bits per heavy atom. The number of anilines is 1. The normalized spacial score (nSPS) is 10.7. The minimum absolute atomic E-state index is 0.0208. The summed E-state index contributed by atoms with van der Waals surface area (Å²) in [6.45, 7) is 0. The van der Waals surface area contributed by atoms with Crippen LogP contribution in [0.5, 0.6) is 5.88 Å². The lowest BCUT2D eigenvalue weighted by molar-refractivity contribution is 0.458. The first-order chi connectivity index (χ1) is 8.78. The highest BCUT2D eigenvalue weighted by atomic mass is 32.1. The molecule has 0 fully saturated rings. The van der Waals surface area contributed by atoms with Gasteiger partial charge in [0.15, 0.2) is 5.01 Å². The quantitative estimate of drug-likeness (QED) is 0.739. The number of aromatic hydroxyl groups is 1. The van der Waals surface area contributed by atoms with E-state index in [2.05, 4.69) is 20.5 Å². The number of pyridine rings is 1. The van der Waals surface area contributed by atoms with Gasteiger partial charge in [-0.05, 0) is 12.1 Å². The predicted molar refractivity (Wildman–Crippen MR) is 71.9 cm³/mol. The topological polar surface area (TPSA) is 70.9 Å². The molecule has 6 heteroatoms. The van der Waals surface area contributed by atoms with E-state index in [1.807, 2.05) is 30.3 Å². The third-order valence-corrected chi connectivity index (χ3v) is 3.55. The van der Waals surface area contributed by atoms with Gasteiger partial charge >= 0.3 is 0 Å². The minimum atomic E-state index is -0.0208.